The fraction of sp³-hybridized carbons (Fsp3) is 0.375. The summed E-state index contributed by atoms with van der Waals surface area (Å²) in [5.41, 5.74) is 0.654. The molecule has 0 saturated carbocycles. The summed E-state index contributed by atoms with van der Waals surface area (Å²) in [5, 5.41) is 27.8. The smallest absolute Gasteiger partial charge is 0.323 e. The molecule has 1 atom stereocenters. The number of benzene rings is 1. The highest BCUT2D eigenvalue weighted by atomic mass is 16.6. The van der Waals surface area contributed by atoms with Crippen LogP contribution in [0.3, 0.4) is 0 Å². The van der Waals surface area contributed by atoms with Gasteiger partial charge in [0.15, 0.2) is 5.69 Å². The normalized spacial score (nSPS) is 11.8. The van der Waals surface area contributed by atoms with Crippen LogP contribution < -0.4 is 0 Å². The number of carboxylic acid groups (broad SMARTS) is 1. The molecule has 26 heavy (non-hydrogen) atoms. The number of nitro benzene ring substituents is 1. The average molecular weight is 361 g/mol. The lowest BCUT2D eigenvalue weighted by Crippen LogP contribution is -2.42. The molecule has 2 aromatic rings. The summed E-state index contributed by atoms with van der Waals surface area (Å²) in [6.45, 7) is 4.75. The molecule has 10 heteroatoms. The van der Waals surface area contributed by atoms with Gasteiger partial charge >= 0.3 is 5.97 Å². The Morgan fingerprint density at radius 1 is 1.42 bits per heavy atom. The Labute approximate surface area is 149 Å². The molecule has 1 amide bonds. The summed E-state index contributed by atoms with van der Waals surface area (Å²) >= 11 is 0. The molecule has 0 saturated heterocycles. The Bertz CT molecular complexity index is 847. The number of nitrogens with zero attached hydrogens (tertiary/aromatic N) is 5. The molecule has 1 unspecified atom stereocenters. The first kappa shape index (κ1) is 19.0. The third kappa shape index (κ3) is 3.85. The van der Waals surface area contributed by atoms with E-state index in [4.69, 9.17) is 5.11 Å². The van der Waals surface area contributed by atoms with E-state index in [0.29, 0.717) is 17.8 Å². The van der Waals surface area contributed by atoms with E-state index in [-0.39, 0.29) is 17.4 Å². The van der Waals surface area contributed by atoms with Gasteiger partial charge in [-0.05, 0) is 26.3 Å². The first-order chi connectivity index (χ1) is 12.3. The van der Waals surface area contributed by atoms with Crippen molar-refractivity contribution >= 4 is 17.6 Å². The fourth-order valence-electron chi connectivity index (χ4n) is 2.44. The predicted molar refractivity (Wildman–Crippen MR) is 91.2 cm³/mol. The van der Waals surface area contributed by atoms with Gasteiger partial charge in [-0.2, -0.15) is 0 Å². The fourth-order valence-corrected chi connectivity index (χ4v) is 2.44. The zero-order chi connectivity index (χ0) is 19.4. The number of aliphatic carboxylic acids is 1. The van der Waals surface area contributed by atoms with Gasteiger partial charge in [0.2, 0.25) is 0 Å². The highest BCUT2D eigenvalue weighted by molar-refractivity contribution is 5.95. The molecule has 1 aromatic carbocycles. The highest BCUT2D eigenvalue weighted by Gasteiger charge is 2.27. The van der Waals surface area contributed by atoms with E-state index in [9.17, 15) is 19.7 Å². The van der Waals surface area contributed by atoms with Crippen molar-refractivity contribution in [2.75, 3.05) is 6.54 Å². The molecule has 0 aliphatic rings. The van der Waals surface area contributed by atoms with Gasteiger partial charge in [0.25, 0.3) is 11.6 Å². The van der Waals surface area contributed by atoms with E-state index < -0.39 is 23.3 Å². The number of aromatic nitrogens is 3. The minimum atomic E-state index is -1.12. The SMILES string of the molecule is CCC(C)N(CC(=O)O)C(=O)c1nnn(-c2cccc([N+](=O)[O-])c2)c1C. The Kier molecular flexibility index (Phi) is 5.65. The van der Waals surface area contributed by atoms with Crippen molar-refractivity contribution in [1.82, 2.24) is 19.9 Å². The number of hydrogen-bond acceptors (Lipinski definition) is 6. The maximum absolute atomic E-state index is 12.8. The summed E-state index contributed by atoms with van der Waals surface area (Å²) in [5.74, 6) is -1.67. The Balaban J connectivity index is 2.41. The largest absolute Gasteiger partial charge is 0.480 e. The van der Waals surface area contributed by atoms with Crippen LogP contribution in [0, 0.1) is 17.0 Å². The Morgan fingerprint density at radius 2 is 2.12 bits per heavy atom. The summed E-state index contributed by atoms with van der Waals surface area (Å²) in [7, 11) is 0. The van der Waals surface area contributed by atoms with Gasteiger partial charge in [-0.3, -0.25) is 19.7 Å². The van der Waals surface area contributed by atoms with E-state index in [2.05, 4.69) is 10.3 Å². The standard InChI is InChI=1S/C16H19N5O5/c1-4-10(2)19(9-14(22)23)16(24)15-11(3)20(18-17-15)12-6-5-7-13(8-12)21(25)26/h5-8,10H,4,9H2,1-3H3,(H,22,23). The highest BCUT2D eigenvalue weighted by Crippen LogP contribution is 2.19. The number of carbonyl (C=O) groups is 2. The van der Waals surface area contributed by atoms with Crippen LogP contribution in [0.4, 0.5) is 5.69 Å². The van der Waals surface area contributed by atoms with Crippen molar-refractivity contribution in [1.29, 1.82) is 0 Å². The van der Waals surface area contributed by atoms with E-state index >= 15 is 0 Å². The molecular weight excluding hydrogens is 342 g/mol. The van der Waals surface area contributed by atoms with Gasteiger partial charge in [0.1, 0.15) is 6.54 Å². The number of rotatable bonds is 7. The van der Waals surface area contributed by atoms with Crippen molar-refractivity contribution < 1.29 is 19.6 Å². The second-order valence-electron chi connectivity index (χ2n) is 5.80. The van der Waals surface area contributed by atoms with Crippen LogP contribution in [0.2, 0.25) is 0 Å². The second-order valence-corrected chi connectivity index (χ2v) is 5.80. The molecule has 0 bridgehead atoms. The van der Waals surface area contributed by atoms with Crippen LogP contribution in [-0.2, 0) is 4.79 Å². The zero-order valence-electron chi connectivity index (χ0n) is 14.6. The van der Waals surface area contributed by atoms with Crippen LogP contribution in [0.1, 0.15) is 36.5 Å². The van der Waals surface area contributed by atoms with E-state index in [0.717, 1.165) is 0 Å². The molecule has 10 nitrogen and oxygen atoms in total. The van der Waals surface area contributed by atoms with Crippen molar-refractivity contribution in [3.63, 3.8) is 0 Å². The molecule has 1 aromatic heterocycles. The lowest BCUT2D eigenvalue weighted by molar-refractivity contribution is -0.384. The van der Waals surface area contributed by atoms with Crippen molar-refractivity contribution in [2.24, 2.45) is 0 Å². The topological polar surface area (TPSA) is 131 Å². The molecular formula is C16H19N5O5. The van der Waals surface area contributed by atoms with Crippen LogP contribution in [0.5, 0.6) is 0 Å². The second kappa shape index (κ2) is 7.72. The summed E-state index contributed by atoms with van der Waals surface area (Å²) in [6, 6.07) is 5.48. The number of carboxylic acids is 1. The summed E-state index contributed by atoms with van der Waals surface area (Å²) in [6.07, 6.45) is 0.580. The zero-order valence-corrected chi connectivity index (χ0v) is 14.6. The number of carbonyl (C=O) groups excluding carboxylic acids is 1. The Morgan fingerprint density at radius 3 is 2.69 bits per heavy atom. The van der Waals surface area contributed by atoms with Gasteiger partial charge in [-0.25, -0.2) is 4.68 Å². The van der Waals surface area contributed by atoms with Gasteiger partial charge in [-0.15, -0.1) is 5.10 Å². The third-order valence-electron chi connectivity index (χ3n) is 4.07. The maximum atomic E-state index is 12.8. The predicted octanol–water partition coefficient (Wildman–Crippen LogP) is 1.81. The first-order valence-electron chi connectivity index (χ1n) is 7.96. The first-order valence-corrected chi connectivity index (χ1v) is 7.96. The monoisotopic (exact) mass is 361 g/mol. The minimum Gasteiger partial charge on any atom is -0.480 e. The molecule has 138 valence electrons. The van der Waals surface area contributed by atoms with Crippen LogP contribution in [-0.4, -0.2) is 54.4 Å². The van der Waals surface area contributed by atoms with Gasteiger partial charge < -0.3 is 10.0 Å². The molecule has 0 aliphatic heterocycles. The van der Waals surface area contributed by atoms with Crippen molar-refractivity contribution in [3.8, 4) is 5.69 Å². The molecule has 1 N–H and O–H groups in total. The quantitative estimate of drug-likeness (QED) is 0.587. The van der Waals surface area contributed by atoms with Gasteiger partial charge in [-0.1, -0.05) is 18.2 Å². The van der Waals surface area contributed by atoms with Crippen LogP contribution >= 0.6 is 0 Å². The van der Waals surface area contributed by atoms with Crippen LogP contribution in [0.25, 0.3) is 5.69 Å². The summed E-state index contributed by atoms with van der Waals surface area (Å²) in [4.78, 5) is 35.5. The van der Waals surface area contributed by atoms with Gasteiger partial charge in [0.05, 0.1) is 16.3 Å². The molecule has 0 fully saturated rings. The molecule has 0 aliphatic carbocycles. The molecule has 2 rings (SSSR count). The molecule has 1 heterocycles. The van der Waals surface area contributed by atoms with E-state index in [1.54, 1.807) is 19.9 Å². The number of hydrogen-bond donors (Lipinski definition) is 1. The lowest BCUT2D eigenvalue weighted by Gasteiger charge is -2.26. The summed E-state index contributed by atoms with van der Waals surface area (Å²) < 4.78 is 1.32. The molecule has 0 radical (unpaired) electrons. The van der Waals surface area contributed by atoms with Gasteiger partial charge in [0, 0.05) is 18.2 Å². The van der Waals surface area contributed by atoms with Crippen molar-refractivity contribution in [2.45, 2.75) is 33.2 Å². The van der Waals surface area contributed by atoms with E-state index in [1.165, 1.54) is 27.8 Å². The Hall–Kier alpha value is -3.30. The minimum absolute atomic E-state index is 0.0121. The molecule has 0 spiro atoms. The van der Waals surface area contributed by atoms with Crippen molar-refractivity contribution in [3.05, 3.63) is 45.8 Å². The van der Waals surface area contributed by atoms with Crippen LogP contribution in [0.15, 0.2) is 24.3 Å². The number of nitro groups is 1. The van der Waals surface area contributed by atoms with E-state index in [1.807, 2.05) is 6.92 Å². The average Bonchev–Trinajstić information content (AvgIpc) is 2.99. The maximum Gasteiger partial charge on any atom is 0.323 e. The number of non-ortho nitro benzene ring substituents is 1. The number of amides is 1. The lowest BCUT2D eigenvalue weighted by atomic mass is 10.2. The third-order valence-corrected chi connectivity index (χ3v) is 4.07.